The van der Waals surface area contributed by atoms with Crippen LogP contribution in [0.15, 0.2) is 24.3 Å². The molecule has 1 amide bonds. The van der Waals surface area contributed by atoms with E-state index in [9.17, 15) is 9.90 Å². The molecule has 0 saturated carbocycles. The second kappa shape index (κ2) is 6.27. The SMILES string of the molecule is Cc1ccccc1OCCC(=O)NC(C)(C)C(C)(C)O. The molecule has 2 N–H and O–H groups in total. The summed E-state index contributed by atoms with van der Waals surface area (Å²) >= 11 is 0. The Hall–Kier alpha value is -1.55. The molecule has 4 nitrogen and oxygen atoms in total. The van der Waals surface area contributed by atoms with Crippen molar-refractivity contribution in [2.45, 2.75) is 52.2 Å². The van der Waals surface area contributed by atoms with Crippen molar-refractivity contribution >= 4 is 5.91 Å². The average molecular weight is 279 g/mol. The predicted octanol–water partition coefficient (Wildman–Crippen LogP) is 2.43. The van der Waals surface area contributed by atoms with E-state index < -0.39 is 11.1 Å². The highest BCUT2D eigenvalue weighted by molar-refractivity contribution is 5.77. The van der Waals surface area contributed by atoms with Gasteiger partial charge >= 0.3 is 0 Å². The summed E-state index contributed by atoms with van der Waals surface area (Å²) in [6, 6.07) is 7.70. The number of nitrogens with one attached hydrogen (secondary N) is 1. The third-order valence-electron chi connectivity index (χ3n) is 3.66. The molecule has 0 aliphatic rings. The number of para-hydroxylation sites is 1. The van der Waals surface area contributed by atoms with Gasteiger partial charge in [0, 0.05) is 0 Å². The van der Waals surface area contributed by atoms with Gasteiger partial charge in [-0.3, -0.25) is 4.79 Å². The zero-order valence-electron chi connectivity index (χ0n) is 13.0. The third kappa shape index (κ3) is 4.53. The lowest BCUT2D eigenvalue weighted by Crippen LogP contribution is -2.57. The largest absolute Gasteiger partial charge is 0.493 e. The van der Waals surface area contributed by atoms with E-state index in [1.54, 1.807) is 27.7 Å². The monoisotopic (exact) mass is 279 g/mol. The van der Waals surface area contributed by atoms with Crippen LogP contribution in [0.5, 0.6) is 5.75 Å². The van der Waals surface area contributed by atoms with Crippen LogP contribution >= 0.6 is 0 Å². The molecule has 0 bridgehead atoms. The molecule has 0 aliphatic carbocycles. The van der Waals surface area contributed by atoms with Crippen LogP contribution in [0.1, 0.15) is 39.7 Å². The van der Waals surface area contributed by atoms with Crippen LogP contribution in [0.4, 0.5) is 0 Å². The number of hydrogen-bond acceptors (Lipinski definition) is 3. The van der Waals surface area contributed by atoms with Crippen LogP contribution in [-0.2, 0) is 4.79 Å². The predicted molar refractivity (Wildman–Crippen MR) is 79.8 cm³/mol. The maximum atomic E-state index is 11.9. The van der Waals surface area contributed by atoms with E-state index in [-0.39, 0.29) is 12.3 Å². The molecular formula is C16H25NO3. The van der Waals surface area contributed by atoms with Crippen molar-refractivity contribution in [3.05, 3.63) is 29.8 Å². The van der Waals surface area contributed by atoms with Gasteiger partial charge in [0.1, 0.15) is 5.75 Å². The van der Waals surface area contributed by atoms with Crippen molar-refractivity contribution in [3.8, 4) is 5.75 Å². The van der Waals surface area contributed by atoms with Gasteiger partial charge < -0.3 is 15.2 Å². The minimum Gasteiger partial charge on any atom is -0.493 e. The van der Waals surface area contributed by atoms with Crippen molar-refractivity contribution in [2.75, 3.05) is 6.61 Å². The zero-order valence-corrected chi connectivity index (χ0v) is 13.0. The third-order valence-corrected chi connectivity index (χ3v) is 3.66. The quantitative estimate of drug-likeness (QED) is 0.841. The standard InChI is InChI=1S/C16H25NO3/c1-12-8-6-7-9-13(12)20-11-10-14(18)17-15(2,3)16(4,5)19/h6-9,19H,10-11H2,1-5H3,(H,17,18). The lowest BCUT2D eigenvalue weighted by molar-refractivity contribution is -0.126. The van der Waals surface area contributed by atoms with E-state index in [0.29, 0.717) is 6.61 Å². The number of amides is 1. The second-order valence-corrected chi connectivity index (χ2v) is 6.10. The Morgan fingerprint density at radius 3 is 2.40 bits per heavy atom. The molecule has 20 heavy (non-hydrogen) atoms. The maximum absolute atomic E-state index is 11.9. The lowest BCUT2D eigenvalue weighted by Gasteiger charge is -2.38. The molecule has 1 rings (SSSR count). The number of carbonyl (C=O) groups excluding carboxylic acids is 1. The Balaban J connectivity index is 2.44. The molecule has 0 heterocycles. The number of hydrogen-bond donors (Lipinski definition) is 2. The van der Waals surface area contributed by atoms with E-state index >= 15 is 0 Å². The Morgan fingerprint density at radius 1 is 1.25 bits per heavy atom. The summed E-state index contributed by atoms with van der Waals surface area (Å²) in [5.74, 6) is 0.660. The fraction of sp³-hybridized carbons (Fsp3) is 0.562. The molecule has 0 spiro atoms. The molecule has 112 valence electrons. The summed E-state index contributed by atoms with van der Waals surface area (Å²) in [4.78, 5) is 11.9. The van der Waals surface area contributed by atoms with Crippen LogP contribution in [0.2, 0.25) is 0 Å². The smallest absolute Gasteiger partial charge is 0.223 e. The number of rotatable bonds is 6. The molecule has 0 fully saturated rings. The molecule has 1 aromatic carbocycles. The van der Waals surface area contributed by atoms with Crippen molar-refractivity contribution in [1.82, 2.24) is 5.32 Å². The van der Waals surface area contributed by atoms with Gasteiger partial charge in [-0.1, -0.05) is 18.2 Å². The summed E-state index contributed by atoms with van der Waals surface area (Å²) in [6.45, 7) is 9.24. The Kier molecular flexibility index (Phi) is 5.17. The van der Waals surface area contributed by atoms with Crippen molar-refractivity contribution in [1.29, 1.82) is 0 Å². The molecule has 4 heteroatoms. The van der Waals surface area contributed by atoms with Gasteiger partial charge in [-0.25, -0.2) is 0 Å². The van der Waals surface area contributed by atoms with Crippen molar-refractivity contribution in [2.24, 2.45) is 0 Å². The first kappa shape index (κ1) is 16.5. The van der Waals surface area contributed by atoms with Gasteiger partial charge in [-0.15, -0.1) is 0 Å². The molecule has 0 radical (unpaired) electrons. The van der Waals surface area contributed by atoms with Crippen LogP contribution in [0.3, 0.4) is 0 Å². The van der Waals surface area contributed by atoms with Gasteiger partial charge in [0.05, 0.1) is 24.2 Å². The van der Waals surface area contributed by atoms with Gasteiger partial charge in [0.15, 0.2) is 0 Å². The van der Waals surface area contributed by atoms with E-state index in [1.165, 1.54) is 0 Å². The lowest BCUT2D eigenvalue weighted by atomic mass is 9.86. The Bertz CT molecular complexity index is 461. The van der Waals surface area contributed by atoms with E-state index in [0.717, 1.165) is 11.3 Å². The maximum Gasteiger partial charge on any atom is 0.223 e. The van der Waals surface area contributed by atoms with Gasteiger partial charge in [-0.05, 0) is 46.2 Å². The van der Waals surface area contributed by atoms with Crippen LogP contribution in [0, 0.1) is 6.92 Å². The zero-order chi connectivity index (χ0) is 15.4. The highest BCUT2D eigenvalue weighted by Crippen LogP contribution is 2.20. The molecule has 0 atom stereocenters. The summed E-state index contributed by atoms with van der Waals surface area (Å²) in [5, 5.41) is 12.8. The first-order valence-electron chi connectivity index (χ1n) is 6.85. The number of aliphatic hydroxyl groups is 1. The second-order valence-electron chi connectivity index (χ2n) is 6.10. The number of benzene rings is 1. The summed E-state index contributed by atoms with van der Waals surface area (Å²) in [6.07, 6.45) is 0.258. The average Bonchev–Trinajstić information content (AvgIpc) is 2.29. The van der Waals surface area contributed by atoms with Crippen LogP contribution in [0.25, 0.3) is 0 Å². The first-order valence-corrected chi connectivity index (χ1v) is 6.85. The minimum absolute atomic E-state index is 0.134. The van der Waals surface area contributed by atoms with Gasteiger partial charge in [0.25, 0.3) is 0 Å². The number of ether oxygens (including phenoxy) is 1. The first-order chi connectivity index (χ1) is 9.13. The highest BCUT2D eigenvalue weighted by Gasteiger charge is 2.36. The molecule has 0 unspecified atom stereocenters. The topological polar surface area (TPSA) is 58.6 Å². The highest BCUT2D eigenvalue weighted by atomic mass is 16.5. The van der Waals surface area contributed by atoms with Crippen LogP contribution in [-0.4, -0.2) is 28.8 Å². The normalized spacial score (nSPS) is 12.1. The fourth-order valence-electron chi connectivity index (χ4n) is 1.54. The summed E-state index contributed by atoms with van der Waals surface area (Å²) in [5.41, 5.74) is -0.628. The van der Waals surface area contributed by atoms with Crippen molar-refractivity contribution in [3.63, 3.8) is 0 Å². The summed E-state index contributed by atoms with van der Waals surface area (Å²) in [7, 11) is 0. The van der Waals surface area contributed by atoms with E-state index in [2.05, 4.69) is 5.32 Å². The van der Waals surface area contributed by atoms with E-state index in [1.807, 2.05) is 31.2 Å². The molecule has 0 aliphatic heterocycles. The molecule has 1 aromatic rings. The van der Waals surface area contributed by atoms with Crippen LogP contribution < -0.4 is 10.1 Å². The fourth-order valence-corrected chi connectivity index (χ4v) is 1.54. The number of carbonyl (C=O) groups is 1. The van der Waals surface area contributed by atoms with E-state index in [4.69, 9.17) is 4.74 Å². The number of aryl methyl sites for hydroxylation is 1. The Labute approximate surface area is 121 Å². The summed E-state index contributed by atoms with van der Waals surface area (Å²) < 4.78 is 5.58. The molecular weight excluding hydrogens is 254 g/mol. The van der Waals surface area contributed by atoms with Crippen molar-refractivity contribution < 1.29 is 14.6 Å². The van der Waals surface area contributed by atoms with Gasteiger partial charge in [-0.2, -0.15) is 0 Å². The minimum atomic E-state index is -0.987. The molecule has 0 aromatic heterocycles. The molecule has 0 saturated heterocycles. The van der Waals surface area contributed by atoms with Gasteiger partial charge in [0.2, 0.25) is 5.91 Å². The Morgan fingerprint density at radius 2 is 1.85 bits per heavy atom.